The van der Waals surface area contributed by atoms with Crippen molar-refractivity contribution in [2.75, 3.05) is 0 Å². The summed E-state index contributed by atoms with van der Waals surface area (Å²) < 4.78 is 0.501. The molecule has 66 valence electrons. The van der Waals surface area contributed by atoms with Gasteiger partial charge in [-0.2, -0.15) is 15.8 Å². The molecule has 0 radical (unpaired) electrons. The Morgan fingerprint density at radius 2 is 2.00 bits per heavy atom. The van der Waals surface area contributed by atoms with Gasteiger partial charge in [0.15, 0.2) is 17.6 Å². The maximum Gasteiger partial charge on any atom is 0.373 e. The number of nitriles is 3. The largest absolute Gasteiger partial charge is 0.475 e. The molecule has 0 unspecified atom stereocenters. The topological polar surface area (TPSA) is 126 Å². The van der Waals surface area contributed by atoms with Crippen molar-refractivity contribution in [3.05, 3.63) is 17.2 Å². The molecule has 14 heavy (non-hydrogen) atoms. The van der Waals surface area contributed by atoms with Gasteiger partial charge in [-0.25, -0.2) is 14.3 Å². The zero-order valence-corrected chi connectivity index (χ0v) is 6.59. The number of aromatic nitrogens is 2. The molecule has 0 atom stereocenters. The summed E-state index contributed by atoms with van der Waals surface area (Å²) >= 11 is 0. The Balaban J connectivity index is 3.62. The van der Waals surface area contributed by atoms with Gasteiger partial charge >= 0.3 is 5.97 Å². The van der Waals surface area contributed by atoms with Gasteiger partial charge in [0.05, 0.1) is 0 Å². The van der Waals surface area contributed by atoms with Crippen LogP contribution >= 0.6 is 0 Å². The number of nitrogens with zero attached hydrogens (tertiary/aromatic N) is 5. The van der Waals surface area contributed by atoms with Crippen LogP contribution in [0.5, 0.6) is 0 Å². The van der Waals surface area contributed by atoms with Crippen LogP contribution in [-0.2, 0) is 0 Å². The average molecular weight is 187 g/mol. The van der Waals surface area contributed by atoms with Gasteiger partial charge in [-0.05, 0) is 0 Å². The Labute approximate surface area is 77.7 Å². The van der Waals surface area contributed by atoms with E-state index in [1.165, 1.54) is 18.3 Å². The number of aromatic carboxylic acids is 1. The first-order valence-electron chi connectivity index (χ1n) is 3.22. The number of carboxylic acid groups (broad SMARTS) is 1. The Kier molecular flexibility index (Phi) is 2.15. The second-order valence-corrected chi connectivity index (χ2v) is 2.10. The molecule has 0 aromatic carbocycles. The molecular weight excluding hydrogens is 186 g/mol. The first kappa shape index (κ1) is 9.24. The minimum absolute atomic E-state index is 0.368. The van der Waals surface area contributed by atoms with Gasteiger partial charge in [0, 0.05) is 0 Å². The molecule has 1 rings (SSSR count). The van der Waals surface area contributed by atoms with Crippen molar-refractivity contribution in [1.82, 2.24) is 9.55 Å². The van der Waals surface area contributed by atoms with Crippen LogP contribution in [0.2, 0.25) is 0 Å². The smallest absolute Gasteiger partial charge is 0.373 e. The molecule has 7 heteroatoms. The third kappa shape index (κ3) is 1.13. The number of carbonyl (C=O) groups is 1. The molecule has 0 fully saturated rings. The van der Waals surface area contributed by atoms with Crippen molar-refractivity contribution in [2.45, 2.75) is 0 Å². The molecule has 0 amide bonds. The molecule has 1 heterocycles. The molecular formula is C7HN5O2. The standard InChI is InChI=1S/C7HN5O2/c8-1-4-5(2-9)12(3-10)6(11-4)7(13)14/h(H,13,14). The summed E-state index contributed by atoms with van der Waals surface area (Å²) in [7, 11) is 0. The second-order valence-electron chi connectivity index (χ2n) is 2.10. The lowest BCUT2D eigenvalue weighted by Crippen LogP contribution is -2.06. The number of hydrogen-bond acceptors (Lipinski definition) is 5. The van der Waals surface area contributed by atoms with Gasteiger partial charge in [-0.1, -0.05) is 0 Å². The summed E-state index contributed by atoms with van der Waals surface area (Å²) in [4.78, 5) is 13.9. The van der Waals surface area contributed by atoms with Crippen molar-refractivity contribution < 1.29 is 9.90 Å². The number of hydrogen-bond donors (Lipinski definition) is 1. The molecule has 1 N–H and O–H groups in total. The Morgan fingerprint density at radius 1 is 1.36 bits per heavy atom. The summed E-state index contributed by atoms with van der Waals surface area (Å²) in [6.07, 6.45) is 1.45. The van der Waals surface area contributed by atoms with Crippen molar-refractivity contribution in [1.29, 1.82) is 15.8 Å². The van der Waals surface area contributed by atoms with Crippen molar-refractivity contribution >= 4 is 5.97 Å². The molecule has 0 saturated carbocycles. The molecule has 0 aliphatic heterocycles. The lowest BCUT2D eigenvalue weighted by Gasteiger charge is -1.90. The molecule has 0 saturated heterocycles. The maximum atomic E-state index is 10.5. The van der Waals surface area contributed by atoms with E-state index in [9.17, 15) is 4.79 Å². The van der Waals surface area contributed by atoms with E-state index in [1.807, 2.05) is 0 Å². The van der Waals surface area contributed by atoms with Crippen molar-refractivity contribution in [3.8, 4) is 18.3 Å². The molecule has 7 nitrogen and oxygen atoms in total. The normalized spacial score (nSPS) is 8.36. The first-order chi connectivity index (χ1) is 6.65. The highest BCUT2D eigenvalue weighted by molar-refractivity contribution is 5.84. The Morgan fingerprint density at radius 3 is 2.36 bits per heavy atom. The third-order valence-corrected chi connectivity index (χ3v) is 1.38. The summed E-state index contributed by atoms with van der Waals surface area (Å²) in [5.41, 5.74) is -0.737. The number of carboxylic acids is 1. The zero-order valence-electron chi connectivity index (χ0n) is 6.59. The van der Waals surface area contributed by atoms with Gasteiger partial charge < -0.3 is 5.11 Å². The van der Waals surface area contributed by atoms with Crippen LogP contribution in [0.25, 0.3) is 0 Å². The SMILES string of the molecule is N#Cc1nc(C(=O)O)n(C#N)c1C#N. The average Bonchev–Trinajstić information content (AvgIpc) is 2.54. The predicted octanol–water partition coefficient (Wildman–Crippen LogP) is -0.346. The monoisotopic (exact) mass is 187 g/mol. The first-order valence-corrected chi connectivity index (χ1v) is 3.22. The molecule has 0 aliphatic carbocycles. The van der Waals surface area contributed by atoms with Gasteiger partial charge in [0.25, 0.3) is 0 Å². The van der Waals surface area contributed by atoms with Crippen LogP contribution in [0.1, 0.15) is 22.0 Å². The quantitative estimate of drug-likeness (QED) is 0.640. The molecule has 0 spiro atoms. The van der Waals surface area contributed by atoms with E-state index >= 15 is 0 Å². The highest BCUT2D eigenvalue weighted by Crippen LogP contribution is 2.08. The van der Waals surface area contributed by atoms with E-state index in [-0.39, 0.29) is 11.4 Å². The fourth-order valence-corrected chi connectivity index (χ4v) is 0.842. The number of rotatable bonds is 1. The van der Waals surface area contributed by atoms with Crippen LogP contribution < -0.4 is 0 Å². The van der Waals surface area contributed by atoms with Gasteiger partial charge in [-0.15, -0.1) is 0 Å². The zero-order chi connectivity index (χ0) is 10.7. The Bertz CT molecular complexity index is 522. The third-order valence-electron chi connectivity index (χ3n) is 1.38. The van der Waals surface area contributed by atoms with Crippen molar-refractivity contribution in [2.24, 2.45) is 0 Å². The lowest BCUT2D eigenvalue weighted by molar-refractivity contribution is 0.0681. The van der Waals surface area contributed by atoms with E-state index < -0.39 is 11.8 Å². The predicted molar refractivity (Wildman–Crippen MR) is 39.6 cm³/mol. The molecule has 1 aromatic heterocycles. The molecule has 0 aliphatic rings. The van der Waals surface area contributed by atoms with Crippen molar-refractivity contribution in [3.63, 3.8) is 0 Å². The van der Waals surface area contributed by atoms with E-state index in [0.717, 1.165) is 0 Å². The Hall–Kier alpha value is -2.85. The summed E-state index contributed by atoms with van der Waals surface area (Å²) in [5.74, 6) is -2.11. The maximum absolute atomic E-state index is 10.5. The van der Waals surface area contributed by atoms with Crippen LogP contribution in [0.3, 0.4) is 0 Å². The fourth-order valence-electron chi connectivity index (χ4n) is 0.842. The second kappa shape index (κ2) is 3.26. The van der Waals surface area contributed by atoms with Gasteiger partial charge in [0.2, 0.25) is 5.82 Å². The number of imidazole rings is 1. The van der Waals surface area contributed by atoms with Crippen LogP contribution in [-0.4, -0.2) is 20.6 Å². The van der Waals surface area contributed by atoms with E-state index in [4.69, 9.17) is 20.9 Å². The highest BCUT2D eigenvalue weighted by Gasteiger charge is 2.21. The fraction of sp³-hybridized carbons (Fsp3) is 0. The van der Waals surface area contributed by atoms with E-state index in [2.05, 4.69) is 4.98 Å². The van der Waals surface area contributed by atoms with Crippen LogP contribution in [0.4, 0.5) is 0 Å². The minimum Gasteiger partial charge on any atom is -0.475 e. The molecule has 1 aromatic rings. The highest BCUT2D eigenvalue weighted by atomic mass is 16.4. The van der Waals surface area contributed by atoms with E-state index in [0.29, 0.717) is 4.57 Å². The van der Waals surface area contributed by atoms with E-state index in [1.54, 1.807) is 0 Å². The molecule has 0 bridgehead atoms. The van der Waals surface area contributed by atoms with Gasteiger partial charge in [-0.3, -0.25) is 0 Å². The minimum atomic E-state index is -1.47. The van der Waals surface area contributed by atoms with Crippen LogP contribution in [0, 0.1) is 34.1 Å². The lowest BCUT2D eigenvalue weighted by atomic mass is 10.4. The summed E-state index contributed by atoms with van der Waals surface area (Å²) in [6, 6.07) is 3.06. The van der Waals surface area contributed by atoms with Crippen LogP contribution in [0.15, 0.2) is 0 Å². The summed E-state index contributed by atoms with van der Waals surface area (Å²) in [5, 5.41) is 34.1. The summed E-state index contributed by atoms with van der Waals surface area (Å²) in [6.45, 7) is 0. The van der Waals surface area contributed by atoms with Gasteiger partial charge in [0.1, 0.15) is 12.1 Å².